The lowest BCUT2D eigenvalue weighted by Crippen LogP contribution is -2.12. The smallest absolute Gasteiger partial charge is 0.306 e. The predicted octanol–water partition coefficient (Wildman–Crippen LogP) is 3.78. The van der Waals surface area contributed by atoms with Gasteiger partial charge >= 0.3 is 5.69 Å². The average Bonchev–Trinajstić information content (AvgIpc) is 2.49. The molecule has 0 aliphatic heterocycles. The van der Waals surface area contributed by atoms with Crippen molar-refractivity contribution in [2.75, 3.05) is 5.32 Å². The van der Waals surface area contributed by atoms with Crippen LogP contribution >= 0.6 is 0 Å². The summed E-state index contributed by atoms with van der Waals surface area (Å²) in [7, 11) is 0. The van der Waals surface area contributed by atoms with Gasteiger partial charge in [0.1, 0.15) is 0 Å². The second-order valence-electron chi connectivity index (χ2n) is 4.62. The number of carbonyl (C=O) groups is 1. The fraction of sp³-hybridized carbons (Fsp3) is 0.0625. The third-order valence-corrected chi connectivity index (χ3v) is 2.94. The van der Waals surface area contributed by atoms with Crippen LogP contribution in [-0.4, -0.2) is 10.8 Å². The molecule has 1 N–H and O–H groups in total. The van der Waals surface area contributed by atoms with Crippen LogP contribution in [0.4, 0.5) is 15.8 Å². The summed E-state index contributed by atoms with van der Waals surface area (Å²) < 4.78 is 13.2. The second kappa shape index (κ2) is 6.62. The van der Waals surface area contributed by atoms with Crippen molar-refractivity contribution in [2.45, 2.75) is 6.92 Å². The van der Waals surface area contributed by atoms with Crippen LogP contribution in [0.1, 0.15) is 12.5 Å². The molecule has 0 bridgehead atoms. The number of nitrogens with one attached hydrogen (secondary N) is 1. The first-order valence-corrected chi connectivity index (χ1v) is 6.46. The molecule has 0 radical (unpaired) electrons. The Labute approximate surface area is 126 Å². The fourth-order valence-electron chi connectivity index (χ4n) is 1.82. The molecule has 0 saturated heterocycles. The van der Waals surface area contributed by atoms with Gasteiger partial charge in [-0.2, -0.15) is 4.39 Å². The molecule has 0 aromatic heterocycles. The van der Waals surface area contributed by atoms with Gasteiger partial charge in [-0.25, -0.2) is 0 Å². The van der Waals surface area contributed by atoms with E-state index in [1.54, 1.807) is 13.0 Å². The Morgan fingerprint density at radius 2 is 1.91 bits per heavy atom. The fourth-order valence-corrected chi connectivity index (χ4v) is 1.82. The Balaban J connectivity index is 2.17. The van der Waals surface area contributed by atoms with E-state index in [0.717, 1.165) is 17.7 Å². The third-order valence-electron chi connectivity index (χ3n) is 2.94. The van der Waals surface area contributed by atoms with E-state index in [9.17, 15) is 19.3 Å². The van der Waals surface area contributed by atoms with Gasteiger partial charge in [-0.15, -0.1) is 0 Å². The molecule has 6 heteroatoms. The molecule has 2 aromatic rings. The van der Waals surface area contributed by atoms with Crippen LogP contribution in [0.3, 0.4) is 0 Å². The number of halogens is 1. The van der Waals surface area contributed by atoms with Crippen LogP contribution in [0.2, 0.25) is 0 Å². The number of anilines is 1. The van der Waals surface area contributed by atoms with Crippen LogP contribution < -0.4 is 5.32 Å². The van der Waals surface area contributed by atoms with Gasteiger partial charge in [-0.3, -0.25) is 14.9 Å². The van der Waals surface area contributed by atoms with Crippen molar-refractivity contribution in [2.24, 2.45) is 0 Å². The first kappa shape index (κ1) is 15.4. The normalized spacial score (nSPS) is 11.1. The molecule has 0 heterocycles. The summed E-state index contributed by atoms with van der Waals surface area (Å²) in [6, 6.07) is 12.5. The number of hydrogen-bond acceptors (Lipinski definition) is 3. The number of rotatable bonds is 4. The maximum Gasteiger partial charge on any atom is 0.306 e. The highest BCUT2D eigenvalue weighted by atomic mass is 19.1. The highest BCUT2D eigenvalue weighted by molar-refractivity contribution is 6.06. The minimum Gasteiger partial charge on any atom is -0.322 e. The largest absolute Gasteiger partial charge is 0.322 e. The Bertz CT molecular complexity index is 742. The molecule has 22 heavy (non-hydrogen) atoms. The van der Waals surface area contributed by atoms with Crippen LogP contribution in [0.5, 0.6) is 0 Å². The number of nitrogens with zero attached hydrogens (tertiary/aromatic N) is 1. The van der Waals surface area contributed by atoms with Crippen LogP contribution in [0.25, 0.3) is 6.08 Å². The van der Waals surface area contributed by atoms with E-state index in [4.69, 9.17) is 0 Å². The zero-order valence-electron chi connectivity index (χ0n) is 11.7. The third kappa shape index (κ3) is 3.76. The van der Waals surface area contributed by atoms with Crippen molar-refractivity contribution >= 4 is 23.4 Å². The summed E-state index contributed by atoms with van der Waals surface area (Å²) in [5.74, 6) is -1.36. The number of nitro benzene ring substituents is 1. The molecule has 1 amide bonds. The second-order valence-corrected chi connectivity index (χ2v) is 4.62. The molecule has 0 aliphatic carbocycles. The Hall–Kier alpha value is -3.02. The van der Waals surface area contributed by atoms with Crippen molar-refractivity contribution in [3.63, 3.8) is 0 Å². The van der Waals surface area contributed by atoms with E-state index in [2.05, 4.69) is 5.32 Å². The maximum atomic E-state index is 13.2. The summed E-state index contributed by atoms with van der Waals surface area (Å²) in [6.07, 6.45) is 1.69. The van der Waals surface area contributed by atoms with Gasteiger partial charge in [0.25, 0.3) is 5.91 Å². The standard InChI is InChI=1S/C16H13FN2O3/c1-11(9-12-5-3-2-4-6-12)16(20)18-13-7-8-14(17)15(10-13)19(21)22/h2-10H,1H3,(H,18,20)/b11-9+. The molecule has 0 fully saturated rings. The van der Waals surface area contributed by atoms with Gasteiger partial charge in [-0.1, -0.05) is 30.3 Å². The van der Waals surface area contributed by atoms with E-state index in [1.807, 2.05) is 30.3 Å². The summed E-state index contributed by atoms with van der Waals surface area (Å²) in [6.45, 7) is 1.63. The van der Waals surface area contributed by atoms with Crippen LogP contribution in [0, 0.1) is 15.9 Å². The zero-order valence-corrected chi connectivity index (χ0v) is 11.7. The summed E-state index contributed by atoms with van der Waals surface area (Å²) >= 11 is 0. The lowest BCUT2D eigenvalue weighted by molar-refractivity contribution is -0.387. The Kier molecular flexibility index (Phi) is 4.63. The average molecular weight is 300 g/mol. The lowest BCUT2D eigenvalue weighted by atomic mass is 10.1. The summed E-state index contributed by atoms with van der Waals surface area (Å²) in [5.41, 5.74) is 0.778. The molecule has 0 unspecified atom stereocenters. The molecule has 0 atom stereocenters. The van der Waals surface area contributed by atoms with E-state index < -0.39 is 22.3 Å². The van der Waals surface area contributed by atoms with E-state index >= 15 is 0 Å². The van der Waals surface area contributed by atoms with Crippen molar-refractivity contribution < 1.29 is 14.1 Å². The maximum absolute atomic E-state index is 13.2. The van der Waals surface area contributed by atoms with E-state index in [-0.39, 0.29) is 5.69 Å². The van der Waals surface area contributed by atoms with Gasteiger partial charge < -0.3 is 5.32 Å². The number of benzene rings is 2. The first-order chi connectivity index (χ1) is 10.5. The monoisotopic (exact) mass is 300 g/mol. The molecule has 0 saturated carbocycles. The molecular weight excluding hydrogens is 287 g/mol. The van der Waals surface area contributed by atoms with Gasteiger partial charge in [0.15, 0.2) is 0 Å². The summed E-state index contributed by atoms with van der Waals surface area (Å²) in [4.78, 5) is 21.9. The molecule has 112 valence electrons. The van der Waals surface area contributed by atoms with Gasteiger partial charge in [0.05, 0.1) is 4.92 Å². The molecule has 5 nitrogen and oxygen atoms in total. The van der Waals surface area contributed by atoms with Gasteiger partial charge in [-0.05, 0) is 30.7 Å². The lowest BCUT2D eigenvalue weighted by Gasteiger charge is -2.06. The van der Waals surface area contributed by atoms with E-state index in [0.29, 0.717) is 5.57 Å². The molecule has 0 aliphatic rings. The molecule has 2 rings (SSSR count). The van der Waals surface area contributed by atoms with E-state index in [1.165, 1.54) is 6.07 Å². The first-order valence-electron chi connectivity index (χ1n) is 6.46. The minimum atomic E-state index is -0.945. The Morgan fingerprint density at radius 1 is 1.23 bits per heavy atom. The number of carbonyl (C=O) groups excluding carboxylic acids is 1. The van der Waals surface area contributed by atoms with Crippen LogP contribution in [-0.2, 0) is 4.79 Å². The van der Waals surface area contributed by atoms with Gasteiger partial charge in [0, 0.05) is 17.3 Å². The minimum absolute atomic E-state index is 0.166. The van der Waals surface area contributed by atoms with Crippen molar-refractivity contribution in [1.29, 1.82) is 0 Å². The molecule has 2 aromatic carbocycles. The van der Waals surface area contributed by atoms with Crippen molar-refractivity contribution in [1.82, 2.24) is 0 Å². The highest BCUT2D eigenvalue weighted by Crippen LogP contribution is 2.22. The predicted molar refractivity (Wildman–Crippen MR) is 81.8 cm³/mol. The number of amides is 1. The van der Waals surface area contributed by atoms with Crippen LogP contribution in [0.15, 0.2) is 54.1 Å². The quantitative estimate of drug-likeness (QED) is 0.530. The topological polar surface area (TPSA) is 72.2 Å². The van der Waals surface area contributed by atoms with Crippen molar-refractivity contribution in [3.8, 4) is 0 Å². The molecule has 0 spiro atoms. The number of hydrogen-bond donors (Lipinski definition) is 1. The Morgan fingerprint density at radius 3 is 2.55 bits per heavy atom. The number of nitro groups is 1. The zero-order chi connectivity index (χ0) is 16.1. The summed E-state index contributed by atoms with van der Waals surface area (Å²) in [5, 5.41) is 13.2. The van der Waals surface area contributed by atoms with Gasteiger partial charge in [0.2, 0.25) is 5.82 Å². The highest BCUT2D eigenvalue weighted by Gasteiger charge is 2.15. The SMILES string of the molecule is C/C(=C\c1ccccc1)C(=O)Nc1ccc(F)c([N+](=O)[O-])c1. The van der Waals surface area contributed by atoms with Crippen molar-refractivity contribution in [3.05, 3.63) is 75.6 Å². The molecular formula is C16H13FN2O3.